The second-order valence-corrected chi connectivity index (χ2v) is 7.66. The molecule has 1 amide bonds. The summed E-state index contributed by atoms with van der Waals surface area (Å²) in [6.07, 6.45) is 1.90. The molecule has 4 heteroatoms. The summed E-state index contributed by atoms with van der Waals surface area (Å²) < 4.78 is 0. The second kappa shape index (κ2) is 7.92. The SMILES string of the molecule is Cc1ccc(C2CC2c2ccccc2N(C=O)Cc2cccc(C(=O)O)c2)cc1. The minimum absolute atomic E-state index is 0.225. The predicted octanol–water partition coefficient (Wildman–Crippen LogP) is 5.13. The molecule has 4 rings (SSSR count). The molecular formula is C25H23NO3. The van der Waals surface area contributed by atoms with Gasteiger partial charge in [0.15, 0.2) is 0 Å². The topological polar surface area (TPSA) is 57.6 Å². The van der Waals surface area contributed by atoms with E-state index in [2.05, 4.69) is 37.3 Å². The smallest absolute Gasteiger partial charge is 0.335 e. The largest absolute Gasteiger partial charge is 0.478 e. The van der Waals surface area contributed by atoms with Crippen LogP contribution in [0.1, 0.15) is 50.9 Å². The summed E-state index contributed by atoms with van der Waals surface area (Å²) in [5.41, 5.74) is 5.66. The van der Waals surface area contributed by atoms with Crippen LogP contribution in [0, 0.1) is 6.92 Å². The molecule has 0 spiro atoms. The van der Waals surface area contributed by atoms with Crippen LogP contribution in [-0.4, -0.2) is 17.5 Å². The van der Waals surface area contributed by atoms with Crippen LogP contribution < -0.4 is 4.90 Å². The summed E-state index contributed by atoms with van der Waals surface area (Å²) in [5.74, 6) is -0.105. The lowest BCUT2D eigenvalue weighted by Gasteiger charge is -2.21. The van der Waals surface area contributed by atoms with Gasteiger partial charge in [0.2, 0.25) is 6.41 Å². The van der Waals surface area contributed by atoms with Gasteiger partial charge in [-0.15, -0.1) is 0 Å². The minimum atomic E-state index is -0.969. The quantitative estimate of drug-likeness (QED) is 0.574. The highest BCUT2D eigenvalue weighted by molar-refractivity contribution is 5.88. The molecule has 0 saturated heterocycles. The van der Waals surface area contributed by atoms with Crippen LogP contribution in [0.4, 0.5) is 5.69 Å². The van der Waals surface area contributed by atoms with Crippen molar-refractivity contribution >= 4 is 18.1 Å². The highest BCUT2D eigenvalue weighted by Gasteiger charge is 2.41. The van der Waals surface area contributed by atoms with Gasteiger partial charge >= 0.3 is 5.97 Å². The molecule has 146 valence electrons. The molecule has 3 aromatic carbocycles. The van der Waals surface area contributed by atoms with Gasteiger partial charge in [-0.05, 0) is 60.1 Å². The van der Waals surface area contributed by atoms with Crippen molar-refractivity contribution in [3.05, 3.63) is 101 Å². The Balaban J connectivity index is 1.58. The highest BCUT2D eigenvalue weighted by atomic mass is 16.4. The van der Waals surface area contributed by atoms with E-state index >= 15 is 0 Å². The third kappa shape index (κ3) is 4.06. The Morgan fingerprint density at radius 3 is 2.52 bits per heavy atom. The van der Waals surface area contributed by atoms with E-state index in [0.717, 1.165) is 24.1 Å². The minimum Gasteiger partial charge on any atom is -0.478 e. The number of amides is 1. The van der Waals surface area contributed by atoms with Crippen LogP contribution in [0.2, 0.25) is 0 Å². The Hall–Kier alpha value is -3.40. The third-order valence-electron chi connectivity index (χ3n) is 5.60. The fourth-order valence-electron chi connectivity index (χ4n) is 3.96. The van der Waals surface area contributed by atoms with Gasteiger partial charge in [-0.2, -0.15) is 0 Å². The Labute approximate surface area is 170 Å². The molecule has 0 bridgehead atoms. The number of aromatic carboxylic acids is 1. The number of benzene rings is 3. The fourth-order valence-corrected chi connectivity index (χ4v) is 3.96. The molecule has 1 aliphatic rings. The van der Waals surface area contributed by atoms with Crippen LogP contribution in [0.5, 0.6) is 0 Å². The molecule has 0 aliphatic heterocycles. The number of para-hydroxylation sites is 1. The number of hydrogen-bond donors (Lipinski definition) is 1. The number of carboxylic acids is 1. The van der Waals surface area contributed by atoms with Crippen LogP contribution in [0.25, 0.3) is 0 Å². The first-order valence-corrected chi connectivity index (χ1v) is 9.76. The van der Waals surface area contributed by atoms with Gasteiger partial charge in [-0.1, -0.05) is 60.2 Å². The molecule has 1 fully saturated rings. The molecule has 2 unspecified atom stereocenters. The first-order chi connectivity index (χ1) is 14.1. The number of hydrogen-bond acceptors (Lipinski definition) is 2. The average Bonchev–Trinajstić information content (AvgIpc) is 3.53. The van der Waals surface area contributed by atoms with Gasteiger partial charge in [0.25, 0.3) is 0 Å². The normalized spacial score (nSPS) is 17.6. The van der Waals surface area contributed by atoms with Gasteiger partial charge in [0.1, 0.15) is 0 Å². The molecule has 0 aromatic heterocycles. The lowest BCUT2D eigenvalue weighted by Crippen LogP contribution is -2.21. The zero-order chi connectivity index (χ0) is 20.4. The van der Waals surface area contributed by atoms with Gasteiger partial charge in [0.05, 0.1) is 12.1 Å². The summed E-state index contributed by atoms with van der Waals surface area (Å²) in [6, 6.07) is 23.4. The Bertz CT molecular complexity index is 1040. The molecule has 2 atom stereocenters. The number of aryl methyl sites for hydroxylation is 1. The average molecular weight is 385 g/mol. The van der Waals surface area contributed by atoms with Gasteiger partial charge in [0, 0.05) is 5.69 Å². The molecule has 0 radical (unpaired) electrons. The maximum Gasteiger partial charge on any atom is 0.335 e. The summed E-state index contributed by atoms with van der Waals surface area (Å²) in [6.45, 7) is 2.42. The van der Waals surface area contributed by atoms with Crippen LogP contribution in [-0.2, 0) is 11.3 Å². The van der Waals surface area contributed by atoms with Gasteiger partial charge in [-0.25, -0.2) is 4.79 Å². The third-order valence-corrected chi connectivity index (χ3v) is 5.60. The second-order valence-electron chi connectivity index (χ2n) is 7.66. The molecule has 3 aromatic rings. The predicted molar refractivity (Wildman–Crippen MR) is 113 cm³/mol. The molecule has 1 aliphatic carbocycles. The van der Waals surface area contributed by atoms with E-state index in [-0.39, 0.29) is 5.56 Å². The zero-order valence-corrected chi connectivity index (χ0v) is 16.3. The Morgan fingerprint density at radius 1 is 1.03 bits per heavy atom. The standard InChI is InChI=1S/C25H23NO3/c1-17-9-11-19(12-10-17)22-14-23(22)21-7-2-3-8-24(21)26(16-27)15-18-5-4-6-20(13-18)25(28)29/h2-13,16,22-23H,14-15H2,1H3,(H,28,29). The monoisotopic (exact) mass is 385 g/mol. The first-order valence-electron chi connectivity index (χ1n) is 9.76. The maximum absolute atomic E-state index is 11.9. The maximum atomic E-state index is 11.9. The van der Waals surface area contributed by atoms with E-state index in [0.29, 0.717) is 18.4 Å². The van der Waals surface area contributed by atoms with Crippen molar-refractivity contribution in [2.24, 2.45) is 0 Å². The van der Waals surface area contributed by atoms with Crippen molar-refractivity contribution in [1.29, 1.82) is 0 Å². The van der Waals surface area contributed by atoms with Crippen molar-refractivity contribution in [2.75, 3.05) is 4.90 Å². The van der Waals surface area contributed by atoms with Crippen LogP contribution in [0.15, 0.2) is 72.8 Å². The molecule has 4 nitrogen and oxygen atoms in total. The summed E-state index contributed by atoms with van der Waals surface area (Å²) in [5, 5.41) is 9.21. The van der Waals surface area contributed by atoms with Crippen molar-refractivity contribution in [2.45, 2.75) is 31.7 Å². The number of anilines is 1. The lowest BCUT2D eigenvalue weighted by atomic mass is 10.0. The summed E-state index contributed by atoms with van der Waals surface area (Å²) >= 11 is 0. The van der Waals surface area contributed by atoms with E-state index < -0.39 is 5.97 Å². The highest BCUT2D eigenvalue weighted by Crippen LogP contribution is 2.56. The van der Waals surface area contributed by atoms with Crippen molar-refractivity contribution < 1.29 is 14.7 Å². The number of nitrogens with zero attached hydrogens (tertiary/aromatic N) is 1. The zero-order valence-electron chi connectivity index (χ0n) is 16.3. The molecule has 1 N–H and O–H groups in total. The van der Waals surface area contributed by atoms with E-state index in [4.69, 9.17) is 0 Å². The van der Waals surface area contributed by atoms with Gasteiger partial charge < -0.3 is 10.0 Å². The van der Waals surface area contributed by atoms with Crippen molar-refractivity contribution in [1.82, 2.24) is 0 Å². The molecule has 0 heterocycles. The summed E-state index contributed by atoms with van der Waals surface area (Å²) in [4.78, 5) is 24.8. The summed E-state index contributed by atoms with van der Waals surface area (Å²) in [7, 11) is 0. The molecular weight excluding hydrogens is 362 g/mol. The number of carbonyl (C=O) groups is 2. The fraction of sp³-hybridized carbons (Fsp3) is 0.200. The van der Waals surface area contributed by atoms with Crippen LogP contribution >= 0.6 is 0 Å². The van der Waals surface area contributed by atoms with E-state index in [9.17, 15) is 14.7 Å². The Kier molecular flexibility index (Phi) is 5.17. The van der Waals surface area contributed by atoms with E-state index in [1.807, 2.05) is 24.3 Å². The van der Waals surface area contributed by atoms with E-state index in [1.54, 1.807) is 23.1 Å². The van der Waals surface area contributed by atoms with Crippen molar-refractivity contribution in [3.63, 3.8) is 0 Å². The van der Waals surface area contributed by atoms with Crippen LogP contribution in [0.3, 0.4) is 0 Å². The van der Waals surface area contributed by atoms with Crippen molar-refractivity contribution in [3.8, 4) is 0 Å². The van der Waals surface area contributed by atoms with Gasteiger partial charge in [-0.3, -0.25) is 4.79 Å². The number of carbonyl (C=O) groups excluding carboxylic acids is 1. The molecule has 1 saturated carbocycles. The number of rotatable bonds is 7. The molecule has 29 heavy (non-hydrogen) atoms. The Morgan fingerprint density at radius 2 is 1.79 bits per heavy atom. The number of carboxylic acid groups (broad SMARTS) is 1. The lowest BCUT2D eigenvalue weighted by molar-refractivity contribution is -0.107. The first kappa shape index (κ1) is 18.9. The van der Waals surface area contributed by atoms with E-state index in [1.165, 1.54) is 16.7 Å².